The van der Waals surface area contributed by atoms with Crippen LogP contribution in [-0.2, 0) is 5.41 Å². The van der Waals surface area contributed by atoms with Gasteiger partial charge in [0.25, 0.3) is 0 Å². The van der Waals surface area contributed by atoms with Crippen molar-refractivity contribution in [1.82, 2.24) is 0 Å². The van der Waals surface area contributed by atoms with Crippen molar-refractivity contribution in [2.45, 2.75) is 70.5 Å². The number of fused-ring (bicyclic) bond motifs is 1. The van der Waals surface area contributed by atoms with E-state index in [1.54, 1.807) is 0 Å². The van der Waals surface area contributed by atoms with E-state index in [0.717, 1.165) is 0 Å². The second-order valence-electron chi connectivity index (χ2n) is 9.95. The standard InChI is InChI=1S/C26H32S/c1-25(2,3)20-12-10-18(11-13-20)21-8-7-9-22-23(21)16-19(24(22)27)17-26(4)14-5-6-15-26/h7-13,16,24,27H,5-6,14-15,17H2,1-4H3. The van der Waals surface area contributed by atoms with E-state index < -0.39 is 0 Å². The van der Waals surface area contributed by atoms with Crippen LogP contribution in [0.3, 0.4) is 0 Å². The maximum Gasteiger partial charge on any atom is 0.0485 e. The molecule has 1 saturated carbocycles. The minimum absolute atomic E-state index is 0.192. The first-order valence-corrected chi connectivity index (χ1v) is 10.9. The highest BCUT2D eigenvalue weighted by atomic mass is 32.1. The molecule has 0 nitrogen and oxygen atoms in total. The van der Waals surface area contributed by atoms with Crippen LogP contribution in [0.4, 0.5) is 0 Å². The van der Waals surface area contributed by atoms with Crippen molar-refractivity contribution >= 4 is 18.7 Å². The molecule has 1 atom stereocenters. The van der Waals surface area contributed by atoms with Crippen molar-refractivity contribution in [2.75, 3.05) is 0 Å². The highest BCUT2D eigenvalue weighted by Crippen LogP contribution is 2.50. The Balaban J connectivity index is 1.68. The molecule has 0 bridgehead atoms. The van der Waals surface area contributed by atoms with E-state index in [1.807, 2.05) is 0 Å². The Bertz CT molecular complexity index is 858. The predicted octanol–water partition coefficient (Wildman–Crippen LogP) is 7.99. The van der Waals surface area contributed by atoms with Gasteiger partial charge in [0.2, 0.25) is 0 Å². The minimum Gasteiger partial charge on any atom is -0.167 e. The summed E-state index contributed by atoms with van der Waals surface area (Å²) in [6, 6.07) is 15.9. The maximum atomic E-state index is 5.02. The van der Waals surface area contributed by atoms with Crippen molar-refractivity contribution in [3.05, 3.63) is 64.7 Å². The van der Waals surface area contributed by atoms with Gasteiger partial charge in [0.1, 0.15) is 0 Å². The number of hydrogen-bond acceptors (Lipinski definition) is 1. The zero-order valence-electron chi connectivity index (χ0n) is 17.2. The van der Waals surface area contributed by atoms with Crippen LogP contribution in [0.2, 0.25) is 0 Å². The summed E-state index contributed by atoms with van der Waals surface area (Å²) in [5.41, 5.74) is 8.99. The fourth-order valence-corrected chi connectivity index (χ4v) is 5.28. The molecule has 0 heterocycles. The Morgan fingerprint density at radius 2 is 1.67 bits per heavy atom. The number of rotatable bonds is 3. The average molecular weight is 377 g/mol. The third kappa shape index (κ3) is 3.63. The fraction of sp³-hybridized carbons (Fsp3) is 0.462. The Kier molecular flexibility index (Phi) is 4.79. The Morgan fingerprint density at radius 1 is 1.00 bits per heavy atom. The summed E-state index contributed by atoms with van der Waals surface area (Å²) in [4.78, 5) is 0. The molecule has 2 aliphatic rings. The summed E-state index contributed by atoms with van der Waals surface area (Å²) in [7, 11) is 0. The lowest BCUT2D eigenvalue weighted by Crippen LogP contribution is -2.12. The van der Waals surface area contributed by atoms with Crippen molar-refractivity contribution in [3.8, 4) is 11.1 Å². The molecule has 142 valence electrons. The van der Waals surface area contributed by atoms with Crippen molar-refractivity contribution in [2.24, 2.45) is 5.41 Å². The van der Waals surface area contributed by atoms with Crippen LogP contribution in [-0.4, -0.2) is 0 Å². The van der Waals surface area contributed by atoms with Crippen molar-refractivity contribution in [3.63, 3.8) is 0 Å². The SMILES string of the molecule is CC1(CC2=Cc3c(-c4ccc(C(C)(C)C)cc4)cccc3C2S)CCCC1. The molecule has 0 N–H and O–H groups in total. The van der Waals surface area contributed by atoms with E-state index in [0.29, 0.717) is 5.41 Å². The van der Waals surface area contributed by atoms with E-state index in [4.69, 9.17) is 12.6 Å². The molecule has 1 fully saturated rings. The molecule has 27 heavy (non-hydrogen) atoms. The topological polar surface area (TPSA) is 0 Å². The van der Waals surface area contributed by atoms with Crippen LogP contribution in [0.15, 0.2) is 48.0 Å². The van der Waals surface area contributed by atoms with Crippen LogP contribution in [0.25, 0.3) is 17.2 Å². The normalized spacial score (nSPS) is 21.2. The smallest absolute Gasteiger partial charge is 0.0485 e. The molecule has 4 rings (SSSR count). The number of thiol groups is 1. The van der Waals surface area contributed by atoms with Gasteiger partial charge in [-0.25, -0.2) is 0 Å². The first-order valence-electron chi connectivity index (χ1n) is 10.4. The van der Waals surface area contributed by atoms with Crippen LogP contribution >= 0.6 is 12.6 Å². The molecule has 0 amide bonds. The highest BCUT2D eigenvalue weighted by molar-refractivity contribution is 7.80. The lowest BCUT2D eigenvalue weighted by Gasteiger charge is -2.25. The van der Waals surface area contributed by atoms with Gasteiger partial charge in [0, 0.05) is 5.25 Å². The van der Waals surface area contributed by atoms with Gasteiger partial charge in [-0.3, -0.25) is 0 Å². The summed E-state index contributed by atoms with van der Waals surface area (Å²) in [6.45, 7) is 9.28. The van der Waals surface area contributed by atoms with Gasteiger partial charge in [-0.2, -0.15) is 12.6 Å². The van der Waals surface area contributed by atoms with E-state index in [2.05, 4.69) is 76.2 Å². The third-order valence-corrected chi connectivity index (χ3v) is 7.23. The Labute approximate surface area is 170 Å². The van der Waals surface area contributed by atoms with Crippen molar-refractivity contribution < 1.29 is 0 Å². The summed E-state index contributed by atoms with van der Waals surface area (Å²) in [5.74, 6) is 0. The molecular formula is C26H32S. The zero-order valence-corrected chi connectivity index (χ0v) is 18.1. The fourth-order valence-electron chi connectivity index (χ4n) is 4.89. The predicted molar refractivity (Wildman–Crippen MR) is 121 cm³/mol. The van der Waals surface area contributed by atoms with Crippen LogP contribution in [0, 0.1) is 5.41 Å². The van der Waals surface area contributed by atoms with E-state index >= 15 is 0 Å². The lowest BCUT2D eigenvalue weighted by atomic mass is 9.81. The Hall–Kier alpha value is -1.47. The van der Waals surface area contributed by atoms with Crippen LogP contribution in [0.1, 0.15) is 81.7 Å². The van der Waals surface area contributed by atoms with Gasteiger partial charge < -0.3 is 0 Å². The minimum atomic E-state index is 0.192. The molecular weight excluding hydrogens is 344 g/mol. The number of benzene rings is 2. The van der Waals surface area contributed by atoms with Gasteiger partial charge in [0.15, 0.2) is 0 Å². The second-order valence-corrected chi connectivity index (χ2v) is 10.5. The maximum absolute atomic E-state index is 5.02. The molecule has 0 saturated heterocycles. The Morgan fingerprint density at radius 3 is 2.30 bits per heavy atom. The largest absolute Gasteiger partial charge is 0.167 e. The number of hydrogen-bond donors (Lipinski definition) is 1. The highest BCUT2D eigenvalue weighted by Gasteiger charge is 2.33. The molecule has 2 aromatic rings. The van der Waals surface area contributed by atoms with E-state index in [-0.39, 0.29) is 10.7 Å². The van der Waals surface area contributed by atoms with Gasteiger partial charge in [-0.05, 0) is 57.9 Å². The van der Waals surface area contributed by atoms with Crippen LogP contribution in [0.5, 0.6) is 0 Å². The first-order chi connectivity index (χ1) is 12.8. The van der Waals surface area contributed by atoms with Crippen molar-refractivity contribution in [1.29, 1.82) is 0 Å². The molecule has 0 aliphatic heterocycles. The monoisotopic (exact) mass is 376 g/mol. The first kappa shape index (κ1) is 18.9. The molecule has 0 spiro atoms. The summed E-state index contributed by atoms with van der Waals surface area (Å²) in [6.07, 6.45) is 9.14. The average Bonchev–Trinajstić information content (AvgIpc) is 3.19. The van der Waals surface area contributed by atoms with Gasteiger partial charge in [-0.15, -0.1) is 0 Å². The van der Waals surface area contributed by atoms with E-state index in [9.17, 15) is 0 Å². The zero-order chi connectivity index (χ0) is 19.2. The molecule has 2 aliphatic carbocycles. The summed E-state index contributed by atoms with van der Waals surface area (Å²) >= 11 is 5.02. The lowest BCUT2D eigenvalue weighted by molar-refractivity contribution is 0.332. The second kappa shape index (κ2) is 6.85. The summed E-state index contributed by atoms with van der Waals surface area (Å²) in [5, 5.41) is 0.256. The van der Waals surface area contributed by atoms with Crippen LogP contribution < -0.4 is 0 Å². The quantitative estimate of drug-likeness (QED) is 0.516. The third-order valence-electron chi connectivity index (χ3n) is 6.62. The molecule has 0 radical (unpaired) electrons. The van der Waals surface area contributed by atoms with E-state index in [1.165, 1.54) is 65.5 Å². The summed E-state index contributed by atoms with van der Waals surface area (Å²) < 4.78 is 0. The van der Waals surface area contributed by atoms with Gasteiger partial charge in [-0.1, -0.05) is 94.7 Å². The van der Waals surface area contributed by atoms with Gasteiger partial charge in [0.05, 0.1) is 0 Å². The van der Waals surface area contributed by atoms with Gasteiger partial charge >= 0.3 is 0 Å². The molecule has 2 aromatic carbocycles. The molecule has 1 unspecified atom stereocenters. The molecule has 1 heteroatoms. The molecule has 0 aromatic heterocycles.